The van der Waals surface area contributed by atoms with Gasteiger partial charge in [-0.3, -0.25) is 4.79 Å². The highest BCUT2D eigenvalue weighted by atomic mass is 16.6. The molecular formula is C14H24N2O3. The van der Waals surface area contributed by atoms with Crippen molar-refractivity contribution in [2.45, 2.75) is 45.8 Å². The summed E-state index contributed by atoms with van der Waals surface area (Å²) in [5.41, 5.74) is 0.352. The van der Waals surface area contributed by atoms with E-state index < -0.39 is 17.7 Å². The average molecular weight is 268 g/mol. The lowest BCUT2D eigenvalue weighted by Crippen LogP contribution is -2.45. The summed E-state index contributed by atoms with van der Waals surface area (Å²) in [7, 11) is 0. The molecule has 108 valence electrons. The van der Waals surface area contributed by atoms with E-state index in [0.717, 1.165) is 5.57 Å². The number of hydrogen-bond acceptors (Lipinski definition) is 3. The Bertz CT molecular complexity index is 356. The topological polar surface area (TPSA) is 67.4 Å². The molecular weight excluding hydrogens is 244 g/mol. The number of rotatable bonds is 6. The molecule has 1 atom stereocenters. The highest BCUT2D eigenvalue weighted by Gasteiger charge is 2.24. The third-order valence-electron chi connectivity index (χ3n) is 1.97. The van der Waals surface area contributed by atoms with Crippen LogP contribution < -0.4 is 10.6 Å². The van der Waals surface area contributed by atoms with E-state index in [-0.39, 0.29) is 5.91 Å². The Morgan fingerprint density at radius 2 is 1.95 bits per heavy atom. The van der Waals surface area contributed by atoms with E-state index in [1.807, 2.05) is 20.8 Å². The summed E-state index contributed by atoms with van der Waals surface area (Å²) in [6, 6.07) is 0. The molecule has 0 spiro atoms. The molecule has 0 fully saturated rings. The molecule has 0 aliphatic heterocycles. The normalized spacial score (nSPS) is 12.2. The molecule has 0 saturated carbocycles. The monoisotopic (exact) mass is 268 g/mol. The number of hydrogen-bond donors (Lipinski definition) is 2. The molecule has 0 unspecified atom stereocenters. The van der Waals surface area contributed by atoms with Gasteiger partial charge in [0.1, 0.15) is 0 Å². The van der Waals surface area contributed by atoms with Crippen LogP contribution in [0.15, 0.2) is 24.8 Å². The molecule has 5 nitrogen and oxygen atoms in total. The molecule has 0 aliphatic rings. The van der Waals surface area contributed by atoms with Crippen molar-refractivity contribution in [2.24, 2.45) is 0 Å². The fraction of sp³-hybridized carbons (Fsp3) is 0.571. The van der Waals surface area contributed by atoms with E-state index in [0.29, 0.717) is 13.0 Å². The standard InChI is InChI=1S/C14H24N2O3/c1-7-8-15-12(17)11(9-10(2)3)19-13(18)16-14(4,5)6/h7,11H,1-2,8-9H2,3-6H3,(H,15,17)(H,16,18)/t11-/m0/s1. The van der Waals surface area contributed by atoms with Crippen molar-refractivity contribution in [1.82, 2.24) is 10.6 Å². The summed E-state index contributed by atoms with van der Waals surface area (Å²) in [5, 5.41) is 5.25. The van der Waals surface area contributed by atoms with E-state index in [1.165, 1.54) is 0 Å². The number of carbonyl (C=O) groups excluding carboxylic acids is 2. The van der Waals surface area contributed by atoms with Crippen LogP contribution in [-0.2, 0) is 9.53 Å². The third-order valence-corrected chi connectivity index (χ3v) is 1.97. The molecule has 0 aliphatic carbocycles. The van der Waals surface area contributed by atoms with Crippen LogP contribution in [0.1, 0.15) is 34.1 Å². The SMILES string of the molecule is C=CCNC(=O)[C@H](CC(=C)C)OC(=O)NC(C)(C)C. The molecule has 0 heterocycles. The summed E-state index contributed by atoms with van der Waals surface area (Å²) >= 11 is 0. The zero-order chi connectivity index (χ0) is 15.1. The zero-order valence-corrected chi connectivity index (χ0v) is 12.2. The first-order valence-electron chi connectivity index (χ1n) is 6.17. The zero-order valence-electron chi connectivity index (χ0n) is 12.2. The second-order valence-electron chi connectivity index (χ2n) is 5.46. The molecule has 2 amide bonds. The van der Waals surface area contributed by atoms with Crippen LogP contribution in [-0.4, -0.2) is 30.2 Å². The highest BCUT2D eigenvalue weighted by molar-refractivity contribution is 5.83. The Morgan fingerprint density at radius 3 is 2.37 bits per heavy atom. The lowest BCUT2D eigenvalue weighted by atomic mass is 10.1. The first-order chi connectivity index (χ1) is 8.65. The van der Waals surface area contributed by atoms with Crippen LogP contribution in [0, 0.1) is 0 Å². The van der Waals surface area contributed by atoms with Crippen LogP contribution in [0.4, 0.5) is 4.79 Å². The second-order valence-corrected chi connectivity index (χ2v) is 5.46. The van der Waals surface area contributed by atoms with Gasteiger partial charge < -0.3 is 15.4 Å². The van der Waals surface area contributed by atoms with E-state index in [4.69, 9.17) is 4.74 Å². The largest absolute Gasteiger partial charge is 0.436 e. The van der Waals surface area contributed by atoms with Gasteiger partial charge in [-0.1, -0.05) is 18.2 Å². The molecule has 19 heavy (non-hydrogen) atoms. The smallest absolute Gasteiger partial charge is 0.408 e. The minimum atomic E-state index is -0.875. The maximum atomic E-state index is 11.8. The molecule has 0 bridgehead atoms. The number of amides is 2. The van der Waals surface area contributed by atoms with Gasteiger partial charge in [0.15, 0.2) is 6.10 Å². The van der Waals surface area contributed by atoms with Crippen LogP contribution in [0.25, 0.3) is 0 Å². The van der Waals surface area contributed by atoms with E-state index in [2.05, 4.69) is 23.8 Å². The lowest BCUT2D eigenvalue weighted by molar-refractivity contribution is -0.129. The number of ether oxygens (including phenoxy) is 1. The molecule has 0 aromatic heterocycles. The van der Waals surface area contributed by atoms with Crippen molar-refractivity contribution in [3.8, 4) is 0 Å². The van der Waals surface area contributed by atoms with Crippen molar-refractivity contribution >= 4 is 12.0 Å². The minimum absolute atomic E-state index is 0.292. The van der Waals surface area contributed by atoms with Gasteiger partial charge in [-0.15, -0.1) is 6.58 Å². The van der Waals surface area contributed by atoms with Crippen molar-refractivity contribution in [3.63, 3.8) is 0 Å². The van der Waals surface area contributed by atoms with Gasteiger partial charge in [0.25, 0.3) is 5.91 Å². The van der Waals surface area contributed by atoms with Crippen molar-refractivity contribution in [2.75, 3.05) is 6.54 Å². The van der Waals surface area contributed by atoms with E-state index in [9.17, 15) is 9.59 Å². The van der Waals surface area contributed by atoms with Gasteiger partial charge >= 0.3 is 6.09 Å². The minimum Gasteiger partial charge on any atom is -0.436 e. The van der Waals surface area contributed by atoms with Crippen LogP contribution in [0.5, 0.6) is 0 Å². The van der Waals surface area contributed by atoms with Gasteiger partial charge in [-0.05, 0) is 27.7 Å². The molecule has 5 heteroatoms. The molecule has 0 aromatic rings. The van der Waals surface area contributed by atoms with Crippen LogP contribution in [0.3, 0.4) is 0 Å². The summed E-state index contributed by atoms with van der Waals surface area (Å²) in [4.78, 5) is 23.5. The third kappa shape index (κ3) is 8.88. The molecule has 0 radical (unpaired) electrons. The molecule has 0 saturated heterocycles. The second kappa shape index (κ2) is 7.61. The van der Waals surface area contributed by atoms with Crippen molar-refractivity contribution in [1.29, 1.82) is 0 Å². The first-order valence-corrected chi connectivity index (χ1v) is 6.17. The van der Waals surface area contributed by atoms with Crippen molar-refractivity contribution < 1.29 is 14.3 Å². The first kappa shape index (κ1) is 17.2. The Hall–Kier alpha value is -1.78. The number of carbonyl (C=O) groups is 2. The van der Waals surface area contributed by atoms with Gasteiger partial charge in [0.2, 0.25) is 0 Å². The van der Waals surface area contributed by atoms with E-state index in [1.54, 1.807) is 13.0 Å². The van der Waals surface area contributed by atoms with Gasteiger partial charge in [-0.25, -0.2) is 4.79 Å². The highest BCUT2D eigenvalue weighted by Crippen LogP contribution is 2.08. The van der Waals surface area contributed by atoms with Gasteiger partial charge in [-0.2, -0.15) is 0 Å². The Kier molecular flexibility index (Phi) is 6.90. The summed E-state index contributed by atoms with van der Waals surface area (Å²) in [6.07, 6.45) is 0.359. The van der Waals surface area contributed by atoms with Crippen LogP contribution in [0.2, 0.25) is 0 Å². The Balaban J connectivity index is 4.58. The molecule has 2 N–H and O–H groups in total. The number of nitrogens with one attached hydrogen (secondary N) is 2. The number of alkyl carbamates (subject to hydrolysis) is 1. The maximum absolute atomic E-state index is 11.8. The van der Waals surface area contributed by atoms with Crippen molar-refractivity contribution in [3.05, 3.63) is 24.8 Å². The summed E-state index contributed by atoms with van der Waals surface area (Å²) < 4.78 is 5.14. The summed E-state index contributed by atoms with van der Waals surface area (Å²) in [5.74, 6) is -0.355. The Morgan fingerprint density at radius 1 is 1.37 bits per heavy atom. The fourth-order valence-corrected chi connectivity index (χ4v) is 1.26. The van der Waals surface area contributed by atoms with Gasteiger partial charge in [0.05, 0.1) is 0 Å². The fourth-order valence-electron chi connectivity index (χ4n) is 1.26. The molecule has 0 aromatic carbocycles. The van der Waals surface area contributed by atoms with E-state index >= 15 is 0 Å². The Labute approximate surface area is 115 Å². The quantitative estimate of drug-likeness (QED) is 0.725. The maximum Gasteiger partial charge on any atom is 0.408 e. The summed E-state index contributed by atoms with van der Waals surface area (Å²) in [6.45, 7) is 14.8. The predicted molar refractivity (Wildman–Crippen MR) is 75.8 cm³/mol. The van der Waals surface area contributed by atoms with Crippen LogP contribution >= 0.6 is 0 Å². The average Bonchev–Trinajstić information content (AvgIpc) is 2.21. The van der Waals surface area contributed by atoms with Gasteiger partial charge in [0, 0.05) is 18.5 Å². The lowest BCUT2D eigenvalue weighted by Gasteiger charge is -2.23. The molecule has 0 rings (SSSR count). The predicted octanol–water partition coefficient (Wildman–Crippen LogP) is 2.15.